The number of fused-ring (bicyclic) bond motifs is 1. The molecule has 0 saturated heterocycles. The van der Waals surface area contributed by atoms with Gasteiger partial charge in [0.25, 0.3) is 5.91 Å². The van der Waals surface area contributed by atoms with E-state index in [4.69, 9.17) is 4.98 Å². The third-order valence-corrected chi connectivity index (χ3v) is 5.96. The van der Waals surface area contributed by atoms with Crippen LogP contribution in [0.4, 0.5) is 0 Å². The standard InChI is InChI=1S/C23H25N3O/c1-15-6-5-9-20(16(15)2)26-23(27)19-14-22(17-10-12-24-13-11-17)25-21-8-4-3-7-18(19)21/h3-4,7-8,10-16,20H,5-6,9H2,1-2H3,(H,26,27)/t15-,16-,20+/m1/s1. The number of nitrogens with one attached hydrogen (secondary N) is 1. The maximum atomic E-state index is 13.2. The normalized spacial score (nSPS) is 22.5. The number of carbonyl (C=O) groups is 1. The lowest BCUT2D eigenvalue weighted by Gasteiger charge is -2.34. The predicted molar refractivity (Wildman–Crippen MR) is 108 cm³/mol. The molecule has 1 aromatic carbocycles. The van der Waals surface area contributed by atoms with Gasteiger partial charge in [-0.1, -0.05) is 44.9 Å². The van der Waals surface area contributed by atoms with E-state index in [9.17, 15) is 4.79 Å². The van der Waals surface area contributed by atoms with Crippen molar-refractivity contribution < 1.29 is 4.79 Å². The third-order valence-electron chi connectivity index (χ3n) is 5.96. The minimum absolute atomic E-state index is 0.00476. The van der Waals surface area contributed by atoms with Crippen molar-refractivity contribution in [1.82, 2.24) is 15.3 Å². The Bertz CT molecular complexity index is 954. The Kier molecular flexibility index (Phi) is 4.88. The second-order valence-corrected chi connectivity index (χ2v) is 7.66. The summed E-state index contributed by atoms with van der Waals surface area (Å²) in [5.41, 5.74) is 3.29. The van der Waals surface area contributed by atoms with E-state index in [1.165, 1.54) is 12.8 Å². The lowest BCUT2D eigenvalue weighted by molar-refractivity contribution is 0.0892. The fourth-order valence-electron chi connectivity index (χ4n) is 4.07. The largest absolute Gasteiger partial charge is 0.349 e. The first kappa shape index (κ1) is 17.7. The number of benzene rings is 1. The molecule has 1 N–H and O–H groups in total. The molecule has 0 spiro atoms. The monoisotopic (exact) mass is 359 g/mol. The van der Waals surface area contributed by atoms with E-state index < -0.39 is 0 Å². The summed E-state index contributed by atoms with van der Waals surface area (Å²) < 4.78 is 0. The molecule has 2 aromatic heterocycles. The van der Waals surface area contributed by atoms with Gasteiger partial charge >= 0.3 is 0 Å². The second kappa shape index (κ2) is 7.47. The van der Waals surface area contributed by atoms with Crippen LogP contribution in [0, 0.1) is 11.8 Å². The Balaban J connectivity index is 1.72. The summed E-state index contributed by atoms with van der Waals surface area (Å²) in [6, 6.07) is 13.8. The van der Waals surface area contributed by atoms with Gasteiger partial charge in [0.2, 0.25) is 0 Å². The van der Waals surface area contributed by atoms with Gasteiger partial charge in [-0.3, -0.25) is 9.78 Å². The van der Waals surface area contributed by atoms with Crippen LogP contribution in [0.25, 0.3) is 22.2 Å². The van der Waals surface area contributed by atoms with E-state index in [-0.39, 0.29) is 11.9 Å². The summed E-state index contributed by atoms with van der Waals surface area (Å²) in [6.45, 7) is 4.54. The number of aromatic nitrogens is 2. The zero-order valence-corrected chi connectivity index (χ0v) is 15.9. The van der Waals surface area contributed by atoms with E-state index in [1.807, 2.05) is 42.5 Å². The maximum absolute atomic E-state index is 13.2. The number of pyridine rings is 2. The summed E-state index contributed by atoms with van der Waals surface area (Å²) in [4.78, 5) is 22.0. The number of hydrogen-bond donors (Lipinski definition) is 1. The van der Waals surface area contributed by atoms with Crippen molar-refractivity contribution in [3.63, 3.8) is 0 Å². The highest BCUT2D eigenvalue weighted by Crippen LogP contribution is 2.30. The molecule has 1 aliphatic carbocycles. The number of hydrogen-bond acceptors (Lipinski definition) is 3. The topological polar surface area (TPSA) is 54.9 Å². The first-order valence-corrected chi connectivity index (χ1v) is 9.74. The van der Waals surface area contributed by atoms with Crippen LogP contribution in [0.3, 0.4) is 0 Å². The van der Waals surface area contributed by atoms with Crippen LogP contribution < -0.4 is 5.32 Å². The summed E-state index contributed by atoms with van der Waals surface area (Å²) in [6.07, 6.45) is 6.97. The molecule has 3 atom stereocenters. The van der Waals surface area contributed by atoms with E-state index in [1.54, 1.807) is 12.4 Å². The highest BCUT2D eigenvalue weighted by Gasteiger charge is 2.28. The van der Waals surface area contributed by atoms with E-state index in [0.29, 0.717) is 17.4 Å². The Morgan fingerprint density at radius 3 is 2.67 bits per heavy atom. The summed E-state index contributed by atoms with van der Waals surface area (Å²) in [5.74, 6) is 1.14. The molecule has 0 unspecified atom stereocenters. The molecular formula is C23H25N3O. The van der Waals surface area contributed by atoms with Crippen molar-refractivity contribution in [3.8, 4) is 11.3 Å². The van der Waals surface area contributed by atoms with Crippen molar-refractivity contribution in [1.29, 1.82) is 0 Å². The summed E-state index contributed by atoms with van der Waals surface area (Å²) in [7, 11) is 0. The van der Waals surface area contributed by atoms with Gasteiger partial charge in [-0.15, -0.1) is 0 Å². The lowest BCUT2D eigenvalue weighted by Crippen LogP contribution is -2.43. The molecule has 4 nitrogen and oxygen atoms in total. The average molecular weight is 359 g/mol. The van der Waals surface area contributed by atoms with Gasteiger partial charge < -0.3 is 5.32 Å². The highest BCUT2D eigenvalue weighted by atomic mass is 16.1. The number of para-hydroxylation sites is 1. The van der Waals surface area contributed by atoms with Crippen LogP contribution >= 0.6 is 0 Å². The van der Waals surface area contributed by atoms with E-state index >= 15 is 0 Å². The zero-order valence-electron chi connectivity index (χ0n) is 15.9. The molecule has 2 heterocycles. The molecule has 1 fully saturated rings. The lowest BCUT2D eigenvalue weighted by atomic mass is 9.78. The van der Waals surface area contributed by atoms with Crippen LogP contribution in [-0.2, 0) is 0 Å². The fourth-order valence-corrected chi connectivity index (χ4v) is 4.07. The Hall–Kier alpha value is -2.75. The zero-order chi connectivity index (χ0) is 18.8. The van der Waals surface area contributed by atoms with Crippen molar-refractivity contribution in [2.75, 3.05) is 0 Å². The van der Waals surface area contributed by atoms with E-state index in [2.05, 4.69) is 24.1 Å². The first-order valence-electron chi connectivity index (χ1n) is 9.74. The number of carbonyl (C=O) groups excluding carboxylic acids is 1. The van der Waals surface area contributed by atoms with Crippen molar-refractivity contribution in [3.05, 3.63) is 60.4 Å². The average Bonchev–Trinajstić information content (AvgIpc) is 2.71. The maximum Gasteiger partial charge on any atom is 0.252 e. The molecule has 3 aromatic rings. The molecule has 0 aliphatic heterocycles. The molecule has 0 radical (unpaired) electrons. The molecule has 4 rings (SSSR count). The Morgan fingerprint density at radius 1 is 1.07 bits per heavy atom. The van der Waals surface area contributed by atoms with Crippen LogP contribution in [-0.4, -0.2) is 21.9 Å². The van der Waals surface area contributed by atoms with Crippen molar-refractivity contribution in [2.24, 2.45) is 11.8 Å². The third kappa shape index (κ3) is 3.57. The van der Waals surface area contributed by atoms with Gasteiger partial charge in [-0.25, -0.2) is 4.98 Å². The highest BCUT2D eigenvalue weighted by molar-refractivity contribution is 6.07. The van der Waals surface area contributed by atoms with E-state index in [0.717, 1.165) is 28.6 Å². The molecule has 1 aliphatic rings. The first-order chi connectivity index (χ1) is 13.1. The number of nitrogens with zero attached hydrogens (tertiary/aromatic N) is 2. The molecule has 0 bridgehead atoms. The van der Waals surface area contributed by atoms with Gasteiger partial charge in [0.05, 0.1) is 16.8 Å². The fraction of sp³-hybridized carbons (Fsp3) is 0.348. The van der Waals surface area contributed by atoms with Gasteiger partial charge in [-0.2, -0.15) is 0 Å². The number of amides is 1. The minimum atomic E-state index is -0.00476. The van der Waals surface area contributed by atoms with Crippen LogP contribution in [0.1, 0.15) is 43.5 Å². The van der Waals surface area contributed by atoms with Gasteiger partial charge in [0.15, 0.2) is 0 Å². The molecule has 1 saturated carbocycles. The molecule has 4 heteroatoms. The van der Waals surface area contributed by atoms with Crippen molar-refractivity contribution >= 4 is 16.8 Å². The Labute approximate surface area is 160 Å². The number of rotatable bonds is 3. The van der Waals surface area contributed by atoms with Gasteiger partial charge in [-0.05, 0) is 42.5 Å². The van der Waals surface area contributed by atoms with Gasteiger partial charge in [0, 0.05) is 29.4 Å². The minimum Gasteiger partial charge on any atom is -0.349 e. The quantitative estimate of drug-likeness (QED) is 0.727. The van der Waals surface area contributed by atoms with Crippen LogP contribution in [0.5, 0.6) is 0 Å². The Morgan fingerprint density at radius 2 is 1.85 bits per heavy atom. The van der Waals surface area contributed by atoms with Crippen LogP contribution in [0.2, 0.25) is 0 Å². The predicted octanol–water partition coefficient (Wildman–Crippen LogP) is 4.85. The summed E-state index contributed by atoms with van der Waals surface area (Å²) >= 11 is 0. The van der Waals surface area contributed by atoms with Crippen LogP contribution in [0.15, 0.2) is 54.9 Å². The second-order valence-electron chi connectivity index (χ2n) is 7.66. The molecule has 138 valence electrons. The molecular weight excluding hydrogens is 334 g/mol. The SMILES string of the molecule is C[C@@H]1[C@H](C)CCC[C@@H]1NC(=O)c1cc(-c2ccncc2)nc2ccccc12. The molecule has 27 heavy (non-hydrogen) atoms. The van der Waals surface area contributed by atoms with Gasteiger partial charge in [0.1, 0.15) is 0 Å². The van der Waals surface area contributed by atoms with Crippen molar-refractivity contribution in [2.45, 2.75) is 39.2 Å². The summed E-state index contributed by atoms with van der Waals surface area (Å²) in [5, 5.41) is 4.20. The molecule has 1 amide bonds. The smallest absolute Gasteiger partial charge is 0.252 e.